The lowest BCUT2D eigenvalue weighted by atomic mass is 10.1. The van der Waals surface area contributed by atoms with Crippen molar-refractivity contribution in [3.63, 3.8) is 0 Å². The quantitative estimate of drug-likeness (QED) is 0.406. The second kappa shape index (κ2) is 3.42. The molecule has 1 aliphatic heterocycles. The smallest absolute Gasteiger partial charge is 0.219 e. The van der Waals surface area contributed by atoms with E-state index in [1.165, 1.54) is 10.8 Å². The van der Waals surface area contributed by atoms with Crippen LogP contribution in [0.4, 0.5) is 0 Å². The Morgan fingerprint density at radius 2 is 2.60 bits per heavy atom. The van der Waals surface area contributed by atoms with Gasteiger partial charge in [-0.1, -0.05) is 12.8 Å². The third kappa shape index (κ3) is 1.75. The summed E-state index contributed by atoms with van der Waals surface area (Å²) in [5.74, 6) is 2.71. The molecule has 1 saturated heterocycles. The van der Waals surface area contributed by atoms with Crippen molar-refractivity contribution in [3.05, 3.63) is 0 Å². The molecule has 4 heteroatoms. The third-order valence-electron chi connectivity index (χ3n) is 1.35. The summed E-state index contributed by atoms with van der Waals surface area (Å²) in [5.41, 5.74) is 0. The van der Waals surface area contributed by atoms with Crippen molar-refractivity contribution < 1.29 is 8.39 Å². The summed E-state index contributed by atoms with van der Waals surface area (Å²) >= 11 is 0. The Kier molecular flexibility index (Phi) is 2.78. The summed E-state index contributed by atoms with van der Waals surface area (Å²) < 4.78 is 15.6. The third-order valence-corrected chi connectivity index (χ3v) is 4.14. The van der Waals surface area contributed by atoms with Crippen LogP contribution in [0, 0.1) is 18.3 Å². The summed E-state index contributed by atoms with van der Waals surface area (Å²) in [6.07, 6.45) is 5.20. The van der Waals surface area contributed by atoms with Gasteiger partial charge >= 0.3 is 0 Å². The molecule has 0 radical (unpaired) electrons. The van der Waals surface area contributed by atoms with Crippen molar-refractivity contribution >= 4 is 20.9 Å². The van der Waals surface area contributed by atoms with Crippen LogP contribution in [-0.2, 0) is 14.3 Å². The fourth-order valence-corrected chi connectivity index (χ4v) is 3.00. The molecule has 0 amide bonds. The van der Waals surface area contributed by atoms with E-state index in [0.717, 1.165) is 0 Å². The van der Waals surface area contributed by atoms with Gasteiger partial charge in [0.2, 0.25) is 10.1 Å². The van der Waals surface area contributed by atoms with Crippen molar-refractivity contribution in [2.45, 2.75) is 12.2 Å². The van der Waals surface area contributed by atoms with E-state index in [2.05, 4.69) is 5.92 Å². The Bertz CT molecular complexity index is 185. The molecular formula is C6H8O2S2. The molecule has 1 fully saturated rings. The fourth-order valence-electron chi connectivity index (χ4n) is 0.667. The van der Waals surface area contributed by atoms with E-state index in [1.807, 2.05) is 6.92 Å². The zero-order valence-corrected chi connectivity index (χ0v) is 7.21. The fraction of sp³-hybridized carbons (Fsp3) is 0.667. The summed E-state index contributed by atoms with van der Waals surface area (Å²) in [6, 6.07) is 0. The second-order valence-electron chi connectivity index (χ2n) is 2.06. The molecule has 0 aromatic carbocycles. The molecule has 0 bridgehead atoms. The molecule has 10 heavy (non-hydrogen) atoms. The van der Waals surface area contributed by atoms with Crippen molar-refractivity contribution in [1.29, 1.82) is 0 Å². The molecule has 56 valence electrons. The standard InChI is InChI=1S/C6H8O2S2/c1-3-6-4-8-10(7)9-5(6)2/h1,5-6H,4H2,2H3. The maximum Gasteiger partial charge on any atom is 0.219 e. The van der Waals surface area contributed by atoms with Crippen molar-refractivity contribution in [2.24, 2.45) is 5.92 Å². The van der Waals surface area contributed by atoms with E-state index in [0.29, 0.717) is 6.61 Å². The number of hydrogen-bond donors (Lipinski definition) is 0. The molecule has 0 N–H and O–H groups in total. The van der Waals surface area contributed by atoms with Crippen molar-refractivity contribution in [3.8, 4) is 12.3 Å². The van der Waals surface area contributed by atoms with Gasteiger partial charge in [0, 0.05) is 5.25 Å². The van der Waals surface area contributed by atoms with E-state index in [9.17, 15) is 4.21 Å². The van der Waals surface area contributed by atoms with Gasteiger partial charge in [-0.3, -0.25) is 4.18 Å². The van der Waals surface area contributed by atoms with Crippen LogP contribution < -0.4 is 0 Å². The van der Waals surface area contributed by atoms with E-state index < -0.39 is 10.1 Å². The van der Waals surface area contributed by atoms with Gasteiger partial charge in [0.05, 0.1) is 12.5 Å². The summed E-state index contributed by atoms with van der Waals surface area (Å²) in [5, 5.41) is 0.250. The average molecular weight is 176 g/mol. The van der Waals surface area contributed by atoms with E-state index >= 15 is 0 Å². The van der Waals surface area contributed by atoms with Crippen LogP contribution in [0.25, 0.3) is 0 Å². The average Bonchev–Trinajstić information content (AvgIpc) is 1.88. The summed E-state index contributed by atoms with van der Waals surface area (Å²) in [7, 11) is 0.110. The van der Waals surface area contributed by atoms with E-state index in [-0.39, 0.29) is 11.2 Å². The number of hydrogen-bond acceptors (Lipinski definition) is 3. The van der Waals surface area contributed by atoms with Gasteiger partial charge in [0.15, 0.2) is 0 Å². The van der Waals surface area contributed by atoms with E-state index in [1.54, 1.807) is 0 Å². The normalized spacial score (nSPS) is 40.6. The van der Waals surface area contributed by atoms with Crippen LogP contribution in [0.15, 0.2) is 0 Å². The Morgan fingerprint density at radius 3 is 3.10 bits per heavy atom. The zero-order valence-electron chi connectivity index (χ0n) is 5.57. The van der Waals surface area contributed by atoms with E-state index in [4.69, 9.17) is 10.6 Å². The zero-order chi connectivity index (χ0) is 7.56. The second-order valence-corrected chi connectivity index (χ2v) is 5.04. The lowest BCUT2D eigenvalue weighted by molar-refractivity contribution is 0.306. The lowest BCUT2D eigenvalue weighted by Gasteiger charge is -2.21. The minimum absolute atomic E-state index is 0.114. The van der Waals surface area contributed by atoms with Gasteiger partial charge in [0.1, 0.15) is 0 Å². The SMILES string of the molecule is C#CC1COS(=O)SC1C. The predicted molar refractivity (Wildman–Crippen MR) is 43.5 cm³/mol. The molecule has 2 nitrogen and oxygen atoms in total. The number of terminal acetylenes is 1. The minimum Gasteiger partial charge on any atom is -0.281 e. The molecule has 1 aliphatic rings. The Hall–Kier alpha value is 0.0200. The van der Waals surface area contributed by atoms with Gasteiger partial charge in [-0.05, 0) is 10.8 Å². The van der Waals surface area contributed by atoms with Gasteiger partial charge in [0.25, 0.3) is 0 Å². The highest BCUT2D eigenvalue weighted by molar-refractivity contribution is 8.67. The Balaban J connectivity index is 2.53. The molecule has 0 saturated carbocycles. The predicted octanol–water partition coefficient (Wildman–Crippen LogP) is 0.966. The van der Waals surface area contributed by atoms with Gasteiger partial charge in [-0.2, -0.15) is 0 Å². The molecule has 0 aliphatic carbocycles. The Morgan fingerprint density at radius 1 is 1.90 bits per heavy atom. The summed E-state index contributed by atoms with van der Waals surface area (Å²) in [4.78, 5) is 0. The van der Waals surface area contributed by atoms with Crippen molar-refractivity contribution in [1.82, 2.24) is 0 Å². The molecule has 0 aromatic rings. The van der Waals surface area contributed by atoms with Crippen LogP contribution in [0.3, 0.4) is 0 Å². The first-order chi connectivity index (χ1) is 4.74. The van der Waals surface area contributed by atoms with Crippen LogP contribution in [0.2, 0.25) is 0 Å². The van der Waals surface area contributed by atoms with Crippen LogP contribution in [0.5, 0.6) is 0 Å². The topological polar surface area (TPSA) is 26.3 Å². The van der Waals surface area contributed by atoms with Gasteiger partial charge in [-0.25, -0.2) is 4.21 Å². The first-order valence-corrected chi connectivity index (χ1v) is 5.39. The summed E-state index contributed by atoms with van der Waals surface area (Å²) in [6.45, 7) is 2.40. The molecule has 0 aromatic heterocycles. The monoisotopic (exact) mass is 176 g/mol. The maximum absolute atomic E-state index is 10.7. The van der Waals surface area contributed by atoms with Crippen LogP contribution in [-0.4, -0.2) is 16.1 Å². The molecular weight excluding hydrogens is 168 g/mol. The molecule has 3 atom stereocenters. The van der Waals surface area contributed by atoms with Crippen LogP contribution in [0.1, 0.15) is 6.92 Å². The van der Waals surface area contributed by atoms with Gasteiger partial charge in [-0.15, -0.1) is 6.42 Å². The highest BCUT2D eigenvalue weighted by atomic mass is 33.1. The first-order valence-electron chi connectivity index (χ1n) is 2.92. The molecule has 3 unspecified atom stereocenters. The first kappa shape index (κ1) is 8.12. The molecule has 1 rings (SSSR count). The van der Waals surface area contributed by atoms with Crippen LogP contribution >= 0.6 is 10.8 Å². The van der Waals surface area contributed by atoms with Crippen molar-refractivity contribution in [2.75, 3.05) is 6.61 Å². The molecule has 1 heterocycles. The highest BCUT2D eigenvalue weighted by Gasteiger charge is 2.25. The maximum atomic E-state index is 10.7. The molecule has 0 spiro atoms. The minimum atomic E-state index is -1.17. The number of rotatable bonds is 0. The Labute approximate surface area is 66.8 Å². The highest BCUT2D eigenvalue weighted by Crippen LogP contribution is 2.28. The largest absolute Gasteiger partial charge is 0.281 e. The lowest BCUT2D eigenvalue weighted by Crippen LogP contribution is -2.24. The van der Waals surface area contributed by atoms with Gasteiger partial charge < -0.3 is 0 Å².